The molecule has 1 heterocycles. The predicted octanol–water partition coefficient (Wildman–Crippen LogP) is 3.42. The molecule has 0 fully saturated rings. The monoisotopic (exact) mass is 222 g/mol. The molecular weight excluding hydrogens is 196 g/mol. The Balaban J connectivity index is 2.45. The summed E-state index contributed by atoms with van der Waals surface area (Å²) in [6.45, 7) is 13.2. The van der Waals surface area contributed by atoms with Crippen LogP contribution in [0.15, 0.2) is 18.5 Å². The average Bonchev–Trinajstić information content (AvgIpc) is 2.61. The van der Waals surface area contributed by atoms with Gasteiger partial charge in [-0.3, -0.25) is 0 Å². The molecule has 0 saturated heterocycles. The van der Waals surface area contributed by atoms with Crippen molar-refractivity contribution in [1.82, 2.24) is 9.88 Å². The number of hydrogen-bond donors (Lipinski definition) is 1. The van der Waals surface area contributed by atoms with Crippen LogP contribution in [0.25, 0.3) is 0 Å². The van der Waals surface area contributed by atoms with Crippen LogP contribution in [-0.4, -0.2) is 10.1 Å². The fourth-order valence-corrected chi connectivity index (χ4v) is 1.56. The van der Waals surface area contributed by atoms with Crippen LogP contribution in [0.4, 0.5) is 0 Å². The molecule has 0 aliphatic heterocycles. The Labute approximate surface area is 100 Å². The molecule has 2 heteroatoms. The quantitative estimate of drug-likeness (QED) is 0.807. The van der Waals surface area contributed by atoms with Gasteiger partial charge in [0.1, 0.15) is 0 Å². The Morgan fingerprint density at radius 3 is 2.62 bits per heavy atom. The summed E-state index contributed by atoms with van der Waals surface area (Å²) in [4.78, 5) is 0. The highest BCUT2D eigenvalue weighted by atomic mass is 15.0. The first-order valence-corrected chi connectivity index (χ1v) is 6.30. The molecule has 2 nitrogen and oxygen atoms in total. The minimum atomic E-state index is 0.193. The molecule has 1 atom stereocenters. The summed E-state index contributed by atoms with van der Waals surface area (Å²) >= 11 is 0. The first kappa shape index (κ1) is 13.3. The molecule has 16 heavy (non-hydrogen) atoms. The lowest BCUT2D eigenvalue weighted by Gasteiger charge is -2.19. The zero-order chi connectivity index (χ0) is 12.2. The van der Waals surface area contributed by atoms with E-state index in [1.807, 2.05) is 0 Å². The van der Waals surface area contributed by atoms with Gasteiger partial charge in [0.05, 0.1) is 0 Å². The highest BCUT2D eigenvalue weighted by Crippen LogP contribution is 2.09. The molecule has 0 saturated carbocycles. The molecule has 1 N–H and O–H groups in total. The second-order valence-electron chi connectivity index (χ2n) is 5.83. The van der Waals surface area contributed by atoms with E-state index in [1.165, 1.54) is 12.0 Å². The Morgan fingerprint density at radius 2 is 2.06 bits per heavy atom. The van der Waals surface area contributed by atoms with E-state index in [-0.39, 0.29) is 5.54 Å². The zero-order valence-electron chi connectivity index (χ0n) is 11.4. The molecule has 0 bridgehead atoms. The van der Waals surface area contributed by atoms with E-state index in [0.717, 1.165) is 19.0 Å². The van der Waals surface area contributed by atoms with Gasteiger partial charge in [-0.25, -0.2) is 0 Å². The van der Waals surface area contributed by atoms with Crippen LogP contribution in [0, 0.1) is 5.92 Å². The first-order valence-electron chi connectivity index (χ1n) is 6.30. The standard InChI is InChI=1S/C14H26N2/c1-6-12(2)10-16-8-7-13(11-16)9-15-14(3,4)5/h7-8,11-12,15H,6,9-10H2,1-5H3. The van der Waals surface area contributed by atoms with Crippen LogP contribution in [0.5, 0.6) is 0 Å². The zero-order valence-corrected chi connectivity index (χ0v) is 11.4. The third kappa shape index (κ3) is 4.84. The summed E-state index contributed by atoms with van der Waals surface area (Å²) < 4.78 is 2.30. The number of rotatable bonds is 5. The van der Waals surface area contributed by atoms with Gasteiger partial charge in [-0.15, -0.1) is 0 Å². The lowest BCUT2D eigenvalue weighted by molar-refractivity contribution is 0.423. The van der Waals surface area contributed by atoms with E-state index in [0.29, 0.717) is 0 Å². The Kier molecular flexibility index (Phi) is 4.60. The lowest BCUT2D eigenvalue weighted by atomic mass is 10.1. The Morgan fingerprint density at radius 1 is 1.38 bits per heavy atom. The largest absolute Gasteiger partial charge is 0.354 e. The summed E-state index contributed by atoms with van der Waals surface area (Å²) in [5.41, 5.74) is 1.57. The molecule has 0 aliphatic rings. The van der Waals surface area contributed by atoms with Crippen molar-refractivity contribution in [3.63, 3.8) is 0 Å². The molecule has 1 rings (SSSR count). The predicted molar refractivity (Wildman–Crippen MR) is 70.5 cm³/mol. The highest BCUT2D eigenvalue weighted by molar-refractivity contribution is 5.10. The topological polar surface area (TPSA) is 17.0 Å². The van der Waals surface area contributed by atoms with Gasteiger partial charge >= 0.3 is 0 Å². The van der Waals surface area contributed by atoms with Crippen molar-refractivity contribution in [2.24, 2.45) is 5.92 Å². The summed E-state index contributed by atoms with van der Waals surface area (Å²) in [5, 5.41) is 3.51. The third-order valence-electron chi connectivity index (χ3n) is 2.85. The van der Waals surface area contributed by atoms with Crippen LogP contribution in [0.2, 0.25) is 0 Å². The van der Waals surface area contributed by atoms with Crippen molar-refractivity contribution in [3.8, 4) is 0 Å². The molecule has 0 radical (unpaired) electrons. The molecular formula is C14H26N2. The SMILES string of the molecule is CCC(C)Cn1ccc(CNC(C)(C)C)c1. The molecule has 0 aromatic carbocycles. The summed E-state index contributed by atoms with van der Waals surface area (Å²) in [6, 6.07) is 2.21. The average molecular weight is 222 g/mol. The fraction of sp³-hybridized carbons (Fsp3) is 0.714. The number of hydrogen-bond acceptors (Lipinski definition) is 1. The molecule has 1 aromatic rings. The molecule has 0 amide bonds. The van der Waals surface area contributed by atoms with Gasteiger partial charge in [-0.1, -0.05) is 20.3 Å². The number of aromatic nitrogens is 1. The van der Waals surface area contributed by atoms with Crippen LogP contribution in [-0.2, 0) is 13.1 Å². The van der Waals surface area contributed by atoms with Crippen molar-refractivity contribution >= 4 is 0 Å². The first-order chi connectivity index (χ1) is 7.40. The maximum atomic E-state index is 3.51. The van der Waals surface area contributed by atoms with Crippen LogP contribution in [0.3, 0.4) is 0 Å². The minimum Gasteiger partial charge on any atom is -0.354 e. The van der Waals surface area contributed by atoms with Crippen LogP contribution >= 0.6 is 0 Å². The van der Waals surface area contributed by atoms with E-state index < -0.39 is 0 Å². The molecule has 0 aliphatic carbocycles. The van der Waals surface area contributed by atoms with E-state index in [2.05, 4.69) is 63.0 Å². The second kappa shape index (κ2) is 5.53. The van der Waals surface area contributed by atoms with Gasteiger partial charge in [-0.2, -0.15) is 0 Å². The molecule has 1 unspecified atom stereocenters. The maximum Gasteiger partial charge on any atom is 0.0245 e. The summed E-state index contributed by atoms with van der Waals surface area (Å²) in [7, 11) is 0. The van der Waals surface area contributed by atoms with Gasteiger partial charge in [-0.05, 0) is 38.3 Å². The minimum absolute atomic E-state index is 0.193. The number of nitrogens with zero attached hydrogens (tertiary/aromatic N) is 1. The highest BCUT2D eigenvalue weighted by Gasteiger charge is 2.09. The summed E-state index contributed by atoms with van der Waals surface area (Å²) in [6.07, 6.45) is 5.69. The third-order valence-corrected chi connectivity index (χ3v) is 2.85. The fourth-order valence-electron chi connectivity index (χ4n) is 1.56. The van der Waals surface area contributed by atoms with Crippen molar-refractivity contribution in [2.45, 2.75) is 59.7 Å². The smallest absolute Gasteiger partial charge is 0.0245 e. The van der Waals surface area contributed by atoms with Crippen LogP contribution < -0.4 is 5.32 Å². The van der Waals surface area contributed by atoms with Crippen molar-refractivity contribution in [3.05, 3.63) is 24.0 Å². The lowest BCUT2D eigenvalue weighted by Crippen LogP contribution is -2.34. The Bertz CT molecular complexity index is 307. The normalized spacial score (nSPS) is 14.1. The molecule has 1 aromatic heterocycles. The van der Waals surface area contributed by atoms with E-state index >= 15 is 0 Å². The number of nitrogens with one attached hydrogen (secondary N) is 1. The maximum absolute atomic E-state index is 3.51. The van der Waals surface area contributed by atoms with Crippen molar-refractivity contribution in [1.29, 1.82) is 0 Å². The second-order valence-corrected chi connectivity index (χ2v) is 5.83. The van der Waals surface area contributed by atoms with Gasteiger partial charge in [0.25, 0.3) is 0 Å². The Hall–Kier alpha value is -0.760. The van der Waals surface area contributed by atoms with Gasteiger partial charge in [0, 0.05) is 31.0 Å². The van der Waals surface area contributed by atoms with Gasteiger partial charge < -0.3 is 9.88 Å². The summed E-state index contributed by atoms with van der Waals surface area (Å²) in [5.74, 6) is 0.760. The van der Waals surface area contributed by atoms with Crippen LogP contribution in [0.1, 0.15) is 46.6 Å². The van der Waals surface area contributed by atoms with Crippen molar-refractivity contribution < 1.29 is 0 Å². The molecule has 0 spiro atoms. The van der Waals surface area contributed by atoms with E-state index in [1.54, 1.807) is 0 Å². The van der Waals surface area contributed by atoms with Gasteiger partial charge in [0.15, 0.2) is 0 Å². The van der Waals surface area contributed by atoms with E-state index in [4.69, 9.17) is 0 Å². The van der Waals surface area contributed by atoms with Gasteiger partial charge in [0.2, 0.25) is 0 Å². The van der Waals surface area contributed by atoms with Crippen molar-refractivity contribution in [2.75, 3.05) is 0 Å². The van der Waals surface area contributed by atoms with E-state index in [9.17, 15) is 0 Å². The molecule has 92 valence electrons.